The van der Waals surface area contributed by atoms with Gasteiger partial charge in [-0.1, -0.05) is 5.21 Å². The van der Waals surface area contributed by atoms with Crippen molar-refractivity contribution < 1.29 is 12.8 Å². The fourth-order valence-electron chi connectivity index (χ4n) is 2.31. The summed E-state index contributed by atoms with van der Waals surface area (Å²) in [6, 6.07) is 4.86. The lowest BCUT2D eigenvalue weighted by atomic mass is 10.3. The normalized spacial score (nSPS) is 20.4. The molecule has 0 amide bonds. The van der Waals surface area contributed by atoms with Gasteiger partial charge >= 0.3 is 0 Å². The van der Waals surface area contributed by atoms with E-state index in [9.17, 15) is 12.8 Å². The van der Waals surface area contributed by atoms with Crippen molar-refractivity contribution in [3.63, 3.8) is 0 Å². The summed E-state index contributed by atoms with van der Waals surface area (Å²) in [5.41, 5.74) is 0. The minimum absolute atomic E-state index is 0.00674. The van der Waals surface area contributed by atoms with E-state index in [0.717, 1.165) is 12.1 Å². The summed E-state index contributed by atoms with van der Waals surface area (Å²) in [5, 5.41) is 7.62. The molecule has 1 unspecified atom stereocenters. The molecule has 0 saturated carbocycles. The van der Waals surface area contributed by atoms with E-state index in [2.05, 4.69) is 10.3 Å². The van der Waals surface area contributed by atoms with Crippen LogP contribution in [0.25, 0.3) is 0 Å². The van der Waals surface area contributed by atoms with E-state index in [-0.39, 0.29) is 10.9 Å². The number of rotatable bonds is 3. The molecule has 1 aliphatic rings. The number of benzene rings is 1. The van der Waals surface area contributed by atoms with Gasteiger partial charge in [0.2, 0.25) is 10.0 Å². The predicted molar refractivity (Wildman–Crippen MR) is 68.8 cm³/mol. The molecular formula is C12H13FN4O2S. The Bertz CT molecular complexity index is 685. The average Bonchev–Trinajstić information content (AvgIpc) is 3.10. The second-order valence-electron chi connectivity index (χ2n) is 4.64. The summed E-state index contributed by atoms with van der Waals surface area (Å²) in [5.74, 6) is -0.453. The first-order chi connectivity index (χ1) is 9.57. The third-order valence-corrected chi connectivity index (χ3v) is 5.27. The molecule has 0 bridgehead atoms. The first-order valence-corrected chi connectivity index (χ1v) is 7.63. The molecule has 3 rings (SSSR count). The third-order valence-electron chi connectivity index (χ3n) is 3.39. The SMILES string of the molecule is O=S(=O)(c1ccc(F)cc1)N1CCC(n2ccnn2)C1. The van der Waals surface area contributed by atoms with Crippen molar-refractivity contribution in [3.05, 3.63) is 42.5 Å². The van der Waals surface area contributed by atoms with Crippen LogP contribution in [0.15, 0.2) is 41.6 Å². The van der Waals surface area contributed by atoms with Crippen molar-refractivity contribution in [2.75, 3.05) is 13.1 Å². The van der Waals surface area contributed by atoms with E-state index in [1.807, 2.05) is 0 Å². The van der Waals surface area contributed by atoms with Crippen LogP contribution in [0.3, 0.4) is 0 Å². The highest BCUT2D eigenvalue weighted by atomic mass is 32.2. The Hall–Kier alpha value is -1.80. The van der Waals surface area contributed by atoms with E-state index in [1.165, 1.54) is 16.4 Å². The molecule has 0 aliphatic carbocycles. The van der Waals surface area contributed by atoms with Crippen LogP contribution in [0.2, 0.25) is 0 Å². The number of nitrogens with zero attached hydrogens (tertiary/aromatic N) is 4. The van der Waals surface area contributed by atoms with E-state index in [4.69, 9.17) is 0 Å². The van der Waals surface area contributed by atoms with E-state index < -0.39 is 15.8 Å². The summed E-state index contributed by atoms with van der Waals surface area (Å²) in [6.07, 6.45) is 3.97. The van der Waals surface area contributed by atoms with Gasteiger partial charge in [-0.25, -0.2) is 17.5 Å². The van der Waals surface area contributed by atoms with Gasteiger partial charge in [-0.05, 0) is 30.7 Å². The number of halogens is 1. The molecule has 20 heavy (non-hydrogen) atoms. The highest BCUT2D eigenvalue weighted by Crippen LogP contribution is 2.26. The maximum atomic E-state index is 12.9. The standard InChI is InChI=1S/C12H13FN4O2S/c13-10-1-3-12(4-2-10)20(18,19)16-7-5-11(9-16)17-8-6-14-15-17/h1-4,6,8,11H,5,7,9H2. The van der Waals surface area contributed by atoms with Gasteiger partial charge in [0.25, 0.3) is 0 Å². The molecule has 1 aliphatic heterocycles. The summed E-state index contributed by atoms with van der Waals surface area (Å²) in [4.78, 5) is 0.109. The van der Waals surface area contributed by atoms with E-state index >= 15 is 0 Å². The zero-order valence-corrected chi connectivity index (χ0v) is 11.4. The summed E-state index contributed by atoms with van der Waals surface area (Å²) < 4.78 is 40.8. The smallest absolute Gasteiger partial charge is 0.243 e. The minimum atomic E-state index is -3.57. The quantitative estimate of drug-likeness (QED) is 0.849. The number of hydrogen-bond acceptors (Lipinski definition) is 4. The van der Waals surface area contributed by atoms with Crippen LogP contribution < -0.4 is 0 Å². The second kappa shape index (κ2) is 4.95. The van der Waals surface area contributed by atoms with Gasteiger partial charge in [0.1, 0.15) is 5.82 Å². The Morgan fingerprint density at radius 3 is 2.65 bits per heavy atom. The molecule has 0 N–H and O–H groups in total. The molecule has 2 aromatic rings. The number of sulfonamides is 1. The molecule has 106 valence electrons. The molecular weight excluding hydrogens is 283 g/mol. The Balaban J connectivity index is 1.81. The third kappa shape index (κ3) is 2.32. The van der Waals surface area contributed by atoms with Crippen LogP contribution in [0, 0.1) is 5.82 Å². The Morgan fingerprint density at radius 1 is 1.25 bits per heavy atom. The first-order valence-electron chi connectivity index (χ1n) is 6.19. The van der Waals surface area contributed by atoms with Crippen molar-refractivity contribution in [2.45, 2.75) is 17.4 Å². The Morgan fingerprint density at radius 2 is 2.00 bits per heavy atom. The van der Waals surface area contributed by atoms with Gasteiger partial charge in [0.15, 0.2) is 0 Å². The maximum Gasteiger partial charge on any atom is 0.243 e. The lowest BCUT2D eigenvalue weighted by Gasteiger charge is -2.16. The largest absolute Gasteiger partial charge is 0.248 e. The minimum Gasteiger partial charge on any atom is -0.248 e. The van der Waals surface area contributed by atoms with Gasteiger partial charge in [0.05, 0.1) is 17.1 Å². The van der Waals surface area contributed by atoms with Gasteiger partial charge in [0, 0.05) is 19.3 Å². The van der Waals surface area contributed by atoms with Gasteiger partial charge in [-0.2, -0.15) is 4.31 Å². The van der Waals surface area contributed by atoms with Gasteiger partial charge in [-0.15, -0.1) is 5.10 Å². The number of hydrogen-bond donors (Lipinski definition) is 0. The molecule has 1 aromatic heterocycles. The van der Waals surface area contributed by atoms with E-state index in [0.29, 0.717) is 19.5 Å². The average molecular weight is 296 g/mol. The van der Waals surface area contributed by atoms with Crippen LogP contribution >= 0.6 is 0 Å². The topological polar surface area (TPSA) is 68.1 Å². The molecule has 1 aromatic carbocycles. The van der Waals surface area contributed by atoms with Crippen LogP contribution in [-0.2, 0) is 10.0 Å². The molecule has 8 heteroatoms. The Kier molecular flexibility index (Phi) is 3.27. The molecule has 2 heterocycles. The van der Waals surface area contributed by atoms with Crippen LogP contribution in [0.4, 0.5) is 4.39 Å². The predicted octanol–water partition coefficient (Wildman–Crippen LogP) is 1.05. The highest BCUT2D eigenvalue weighted by Gasteiger charge is 2.33. The fraction of sp³-hybridized carbons (Fsp3) is 0.333. The zero-order chi connectivity index (χ0) is 14.2. The van der Waals surface area contributed by atoms with Crippen molar-refractivity contribution in [1.82, 2.24) is 19.3 Å². The van der Waals surface area contributed by atoms with Crippen molar-refractivity contribution >= 4 is 10.0 Å². The molecule has 6 nitrogen and oxygen atoms in total. The lowest BCUT2D eigenvalue weighted by molar-refractivity contribution is 0.428. The van der Waals surface area contributed by atoms with Crippen LogP contribution in [0.1, 0.15) is 12.5 Å². The second-order valence-corrected chi connectivity index (χ2v) is 6.58. The van der Waals surface area contributed by atoms with E-state index in [1.54, 1.807) is 17.1 Å². The van der Waals surface area contributed by atoms with Gasteiger partial charge in [-0.3, -0.25) is 0 Å². The molecule has 0 spiro atoms. The van der Waals surface area contributed by atoms with Crippen LogP contribution in [0.5, 0.6) is 0 Å². The Labute approximate surface area is 115 Å². The molecule has 1 fully saturated rings. The summed E-state index contributed by atoms with van der Waals surface area (Å²) in [7, 11) is -3.57. The number of aromatic nitrogens is 3. The van der Waals surface area contributed by atoms with Crippen molar-refractivity contribution in [2.24, 2.45) is 0 Å². The molecule has 1 atom stereocenters. The monoisotopic (exact) mass is 296 g/mol. The first kappa shape index (κ1) is 13.2. The molecule has 0 radical (unpaired) electrons. The van der Waals surface area contributed by atoms with Crippen molar-refractivity contribution in [3.8, 4) is 0 Å². The van der Waals surface area contributed by atoms with Crippen molar-refractivity contribution in [1.29, 1.82) is 0 Å². The van der Waals surface area contributed by atoms with Crippen LogP contribution in [-0.4, -0.2) is 40.8 Å². The van der Waals surface area contributed by atoms with Gasteiger partial charge < -0.3 is 0 Å². The fourth-order valence-corrected chi connectivity index (χ4v) is 3.80. The zero-order valence-electron chi connectivity index (χ0n) is 10.6. The maximum absolute atomic E-state index is 12.9. The summed E-state index contributed by atoms with van der Waals surface area (Å²) in [6.45, 7) is 0.771. The summed E-state index contributed by atoms with van der Waals surface area (Å²) >= 11 is 0. The molecule has 1 saturated heterocycles. The highest BCUT2D eigenvalue weighted by molar-refractivity contribution is 7.89. The lowest BCUT2D eigenvalue weighted by Crippen LogP contribution is -2.29.